The number of H-pyrrole nitrogens is 1. The fraction of sp³-hybridized carbons (Fsp3) is 0.471. The molecule has 0 radical (unpaired) electrons. The highest BCUT2D eigenvalue weighted by molar-refractivity contribution is 5.85. The number of rotatable bonds is 5. The summed E-state index contributed by atoms with van der Waals surface area (Å²) in [7, 11) is 0. The van der Waals surface area contributed by atoms with Gasteiger partial charge in [0.25, 0.3) is 0 Å². The van der Waals surface area contributed by atoms with Gasteiger partial charge in [0.1, 0.15) is 11.6 Å². The number of nitrogens with one attached hydrogen (secondary N) is 2. The molecule has 0 atom stereocenters. The first kappa shape index (κ1) is 19.8. The standard InChI is InChI=1S/C17H23N3O.2ClH/c1-3-4-9-21-16-6-5-12(2)10-13(16)17-19-14-7-8-18-11-15(14)20-17;;/h5-6,10,18H,3-4,7-9,11H2,1-2H3,(H,19,20);2*1H. The van der Waals surface area contributed by atoms with Gasteiger partial charge >= 0.3 is 0 Å². The first-order valence-corrected chi connectivity index (χ1v) is 7.80. The lowest BCUT2D eigenvalue weighted by atomic mass is 10.1. The Hall–Kier alpha value is -1.23. The molecule has 128 valence electrons. The largest absolute Gasteiger partial charge is 0.493 e. The second-order valence-electron chi connectivity index (χ2n) is 5.64. The van der Waals surface area contributed by atoms with Gasteiger partial charge in [0.15, 0.2) is 0 Å². The van der Waals surface area contributed by atoms with Crippen molar-refractivity contribution in [3.63, 3.8) is 0 Å². The van der Waals surface area contributed by atoms with E-state index in [1.807, 2.05) is 0 Å². The summed E-state index contributed by atoms with van der Waals surface area (Å²) < 4.78 is 5.94. The molecule has 2 aromatic rings. The molecule has 23 heavy (non-hydrogen) atoms. The average Bonchev–Trinajstić information content (AvgIpc) is 2.92. The van der Waals surface area contributed by atoms with E-state index in [0.717, 1.165) is 56.1 Å². The number of fused-ring (bicyclic) bond motifs is 1. The van der Waals surface area contributed by atoms with Gasteiger partial charge in [0.2, 0.25) is 0 Å². The second-order valence-corrected chi connectivity index (χ2v) is 5.64. The molecule has 0 unspecified atom stereocenters. The molecule has 0 saturated carbocycles. The lowest BCUT2D eigenvalue weighted by Gasteiger charge is -2.10. The highest BCUT2D eigenvalue weighted by atomic mass is 35.5. The molecule has 0 saturated heterocycles. The summed E-state index contributed by atoms with van der Waals surface area (Å²) in [4.78, 5) is 8.23. The molecule has 1 aromatic heterocycles. The summed E-state index contributed by atoms with van der Waals surface area (Å²) in [5.74, 6) is 1.85. The Morgan fingerprint density at radius 3 is 2.83 bits per heavy atom. The van der Waals surface area contributed by atoms with Gasteiger partial charge in [-0.3, -0.25) is 0 Å². The number of hydrogen-bond acceptors (Lipinski definition) is 3. The van der Waals surface area contributed by atoms with Crippen LogP contribution in [0.5, 0.6) is 5.75 Å². The van der Waals surface area contributed by atoms with Crippen molar-refractivity contribution in [2.75, 3.05) is 13.2 Å². The Morgan fingerprint density at radius 1 is 1.26 bits per heavy atom. The van der Waals surface area contributed by atoms with Crippen molar-refractivity contribution in [3.05, 3.63) is 35.2 Å². The molecule has 1 aliphatic rings. The highest BCUT2D eigenvalue weighted by Gasteiger charge is 2.17. The van der Waals surface area contributed by atoms with Gasteiger partial charge in [-0.15, -0.1) is 24.8 Å². The van der Waals surface area contributed by atoms with Gasteiger partial charge in [-0.05, 0) is 25.5 Å². The minimum absolute atomic E-state index is 0. The van der Waals surface area contributed by atoms with Crippen LogP contribution in [-0.2, 0) is 13.0 Å². The van der Waals surface area contributed by atoms with Gasteiger partial charge in [-0.1, -0.05) is 25.0 Å². The number of hydrogen-bond donors (Lipinski definition) is 2. The van der Waals surface area contributed by atoms with E-state index in [0.29, 0.717) is 0 Å². The number of imidazole rings is 1. The predicted octanol–water partition coefficient (Wildman–Crippen LogP) is 4.05. The summed E-state index contributed by atoms with van der Waals surface area (Å²) >= 11 is 0. The summed E-state index contributed by atoms with van der Waals surface area (Å²) in [6.07, 6.45) is 3.21. The summed E-state index contributed by atoms with van der Waals surface area (Å²) in [6, 6.07) is 6.30. The number of aryl methyl sites for hydroxylation is 1. The van der Waals surface area contributed by atoms with E-state index < -0.39 is 0 Å². The lowest BCUT2D eigenvalue weighted by Crippen LogP contribution is -2.23. The van der Waals surface area contributed by atoms with Crippen molar-refractivity contribution in [1.29, 1.82) is 0 Å². The Bertz CT molecular complexity index is 605. The third kappa shape index (κ3) is 4.63. The van der Waals surface area contributed by atoms with Crippen LogP contribution in [0, 0.1) is 6.92 Å². The normalized spacial score (nSPS) is 12.8. The molecule has 1 aliphatic heterocycles. The van der Waals surface area contributed by atoms with E-state index in [2.05, 4.69) is 42.3 Å². The second kappa shape index (κ2) is 9.16. The van der Waals surface area contributed by atoms with Crippen LogP contribution in [-0.4, -0.2) is 23.1 Å². The van der Waals surface area contributed by atoms with Crippen LogP contribution in [0.3, 0.4) is 0 Å². The van der Waals surface area contributed by atoms with Crippen LogP contribution in [0.1, 0.15) is 36.7 Å². The number of unbranched alkanes of at least 4 members (excludes halogenated alkanes) is 1. The quantitative estimate of drug-likeness (QED) is 0.793. The maximum atomic E-state index is 5.94. The number of benzene rings is 1. The number of ether oxygens (including phenoxy) is 1. The van der Waals surface area contributed by atoms with Crippen molar-refractivity contribution in [3.8, 4) is 17.1 Å². The van der Waals surface area contributed by atoms with E-state index in [1.165, 1.54) is 17.0 Å². The fourth-order valence-corrected chi connectivity index (χ4v) is 2.63. The maximum absolute atomic E-state index is 5.94. The Labute approximate surface area is 150 Å². The van der Waals surface area contributed by atoms with Crippen molar-refractivity contribution >= 4 is 24.8 Å². The molecular formula is C17H25Cl2N3O. The van der Waals surface area contributed by atoms with Gasteiger partial charge in [-0.25, -0.2) is 4.98 Å². The molecule has 2 N–H and O–H groups in total. The summed E-state index contributed by atoms with van der Waals surface area (Å²) in [5.41, 5.74) is 4.68. The molecule has 0 bridgehead atoms. The molecule has 0 fully saturated rings. The van der Waals surface area contributed by atoms with E-state index in [4.69, 9.17) is 9.72 Å². The van der Waals surface area contributed by atoms with E-state index >= 15 is 0 Å². The van der Waals surface area contributed by atoms with Crippen LogP contribution < -0.4 is 10.1 Å². The molecule has 3 rings (SSSR count). The van der Waals surface area contributed by atoms with Crippen molar-refractivity contribution in [1.82, 2.24) is 15.3 Å². The molecular weight excluding hydrogens is 333 g/mol. The van der Waals surface area contributed by atoms with Crippen molar-refractivity contribution in [2.45, 2.75) is 39.7 Å². The van der Waals surface area contributed by atoms with E-state index in [1.54, 1.807) is 0 Å². The van der Waals surface area contributed by atoms with Gasteiger partial charge < -0.3 is 15.0 Å². The molecule has 0 aliphatic carbocycles. The van der Waals surface area contributed by atoms with Gasteiger partial charge in [0, 0.05) is 19.5 Å². The molecule has 4 nitrogen and oxygen atoms in total. The number of nitrogens with zero attached hydrogens (tertiary/aromatic N) is 1. The summed E-state index contributed by atoms with van der Waals surface area (Å²) in [5, 5.41) is 3.37. The van der Waals surface area contributed by atoms with Crippen molar-refractivity contribution < 1.29 is 4.74 Å². The topological polar surface area (TPSA) is 49.9 Å². The van der Waals surface area contributed by atoms with Crippen LogP contribution in [0.15, 0.2) is 18.2 Å². The number of aromatic amines is 1. The minimum atomic E-state index is 0. The highest BCUT2D eigenvalue weighted by Crippen LogP contribution is 2.30. The van der Waals surface area contributed by atoms with E-state index in [-0.39, 0.29) is 24.8 Å². The fourth-order valence-electron chi connectivity index (χ4n) is 2.63. The molecule has 0 spiro atoms. The number of halogens is 2. The Kier molecular flexibility index (Phi) is 7.89. The third-order valence-corrected chi connectivity index (χ3v) is 3.85. The van der Waals surface area contributed by atoms with Gasteiger partial charge in [0.05, 0.1) is 23.6 Å². The van der Waals surface area contributed by atoms with Crippen LogP contribution >= 0.6 is 24.8 Å². The zero-order chi connectivity index (χ0) is 14.7. The Morgan fingerprint density at radius 2 is 2.09 bits per heavy atom. The van der Waals surface area contributed by atoms with E-state index in [9.17, 15) is 0 Å². The minimum Gasteiger partial charge on any atom is -0.493 e. The first-order chi connectivity index (χ1) is 10.3. The zero-order valence-electron chi connectivity index (χ0n) is 13.6. The monoisotopic (exact) mass is 357 g/mol. The van der Waals surface area contributed by atoms with Crippen LogP contribution in [0.25, 0.3) is 11.4 Å². The predicted molar refractivity (Wildman–Crippen MR) is 99.1 cm³/mol. The van der Waals surface area contributed by atoms with Crippen molar-refractivity contribution in [2.24, 2.45) is 0 Å². The lowest BCUT2D eigenvalue weighted by molar-refractivity contribution is 0.310. The summed E-state index contributed by atoms with van der Waals surface area (Å²) in [6.45, 7) is 6.91. The zero-order valence-corrected chi connectivity index (χ0v) is 15.3. The third-order valence-electron chi connectivity index (χ3n) is 3.85. The molecule has 1 aromatic carbocycles. The molecule has 6 heteroatoms. The SMILES string of the molecule is CCCCOc1ccc(C)cc1-c1nc2c([nH]1)CNCC2.Cl.Cl. The Balaban J connectivity index is 0.00000132. The smallest absolute Gasteiger partial charge is 0.141 e. The average molecular weight is 358 g/mol. The number of aromatic nitrogens is 2. The van der Waals surface area contributed by atoms with Gasteiger partial charge in [-0.2, -0.15) is 0 Å². The first-order valence-electron chi connectivity index (χ1n) is 7.80. The molecule has 0 amide bonds. The molecule has 2 heterocycles. The van der Waals surface area contributed by atoms with Crippen LogP contribution in [0.4, 0.5) is 0 Å². The van der Waals surface area contributed by atoms with Crippen LogP contribution in [0.2, 0.25) is 0 Å². The maximum Gasteiger partial charge on any atom is 0.141 e.